The van der Waals surface area contributed by atoms with E-state index in [1.165, 1.54) is 5.56 Å². The quantitative estimate of drug-likeness (QED) is 0.785. The number of likely N-dealkylation sites (tertiary alicyclic amines) is 1. The molecular weight excluding hydrogens is 316 g/mol. The van der Waals surface area contributed by atoms with Crippen molar-refractivity contribution in [3.63, 3.8) is 0 Å². The van der Waals surface area contributed by atoms with E-state index in [1.807, 2.05) is 12.3 Å². The van der Waals surface area contributed by atoms with Gasteiger partial charge in [-0.25, -0.2) is 0 Å². The summed E-state index contributed by atoms with van der Waals surface area (Å²) < 4.78 is 0. The zero-order chi connectivity index (χ0) is 16.2. The van der Waals surface area contributed by atoms with Gasteiger partial charge in [-0.2, -0.15) is 5.10 Å². The molecule has 0 unspecified atom stereocenters. The van der Waals surface area contributed by atoms with Crippen LogP contribution in [0.2, 0.25) is 5.02 Å². The number of piperidine rings is 1. The van der Waals surface area contributed by atoms with E-state index in [1.54, 1.807) is 6.20 Å². The van der Waals surface area contributed by atoms with Crippen LogP contribution in [0.5, 0.6) is 0 Å². The number of hydrogen-bond acceptors (Lipinski definition) is 5. The Morgan fingerprint density at radius 1 is 1.48 bits per heavy atom. The van der Waals surface area contributed by atoms with Crippen LogP contribution >= 0.6 is 11.6 Å². The Kier molecular flexibility index (Phi) is 4.78. The summed E-state index contributed by atoms with van der Waals surface area (Å²) in [7, 11) is 0. The van der Waals surface area contributed by atoms with Crippen molar-refractivity contribution in [2.24, 2.45) is 0 Å². The van der Waals surface area contributed by atoms with Gasteiger partial charge in [0.25, 0.3) is 5.91 Å². The number of nitrogens with two attached hydrogens (primary N) is 1. The molecule has 1 saturated heterocycles. The van der Waals surface area contributed by atoms with E-state index in [-0.39, 0.29) is 28.5 Å². The lowest BCUT2D eigenvalue weighted by atomic mass is 10.0. The van der Waals surface area contributed by atoms with Gasteiger partial charge in [-0.05, 0) is 24.5 Å². The molecule has 0 radical (unpaired) electrons. The summed E-state index contributed by atoms with van der Waals surface area (Å²) in [5.74, 6) is -0.118. The number of nitrogens with zero attached hydrogens (tertiary/aromatic N) is 3. The molecular formula is C15H19ClN6O. The van der Waals surface area contributed by atoms with E-state index in [0.29, 0.717) is 0 Å². The van der Waals surface area contributed by atoms with E-state index < -0.39 is 0 Å². The Hall–Kier alpha value is -2.12. The molecule has 8 heteroatoms. The first-order valence-corrected chi connectivity index (χ1v) is 7.92. The minimum Gasteiger partial charge on any atom is -0.381 e. The second-order valence-corrected chi connectivity index (χ2v) is 6.06. The van der Waals surface area contributed by atoms with Gasteiger partial charge >= 0.3 is 0 Å². The fourth-order valence-electron chi connectivity index (χ4n) is 2.74. The molecule has 1 aliphatic heterocycles. The third-order valence-electron chi connectivity index (χ3n) is 4.01. The largest absolute Gasteiger partial charge is 0.381 e. The average Bonchev–Trinajstić information content (AvgIpc) is 2.90. The molecule has 3 heterocycles. The van der Waals surface area contributed by atoms with Crippen LogP contribution in [-0.2, 0) is 6.54 Å². The number of nitrogen functional groups attached to an aromatic ring is 1. The Morgan fingerprint density at radius 2 is 2.26 bits per heavy atom. The van der Waals surface area contributed by atoms with Gasteiger partial charge in [-0.15, -0.1) is 0 Å². The Balaban J connectivity index is 1.49. The van der Waals surface area contributed by atoms with Crippen LogP contribution in [0.3, 0.4) is 0 Å². The summed E-state index contributed by atoms with van der Waals surface area (Å²) in [6.45, 7) is 2.74. The molecule has 0 atom stereocenters. The van der Waals surface area contributed by atoms with Gasteiger partial charge in [-0.1, -0.05) is 17.7 Å². The molecule has 4 N–H and O–H groups in total. The fourth-order valence-corrected chi connectivity index (χ4v) is 2.91. The molecule has 0 saturated carbocycles. The molecule has 122 valence electrons. The maximum Gasteiger partial charge on any atom is 0.271 e. The van der Waals surface area contributed by atoms with Gasteiger partial charge < -0.3 is 11.1 Å². The summed E-state index contributed by atoms with van der Waals surface area (Å²) in [4.78, 5) is 18.7. The number of aromatic nitrogens is 3. The van der Waals surface area contributed by atoms with Gasteiger partial charge in [0.05, 0.1) is 0 Å². The third-order valence-corrected chi connectivity index (χ3v) is 4.39. The molecule has 1 fully saturated rings. The summed E-state index contributed by atoms with van der Waals surface area (Å²) in [6.07, 6.45) is 5.46. The van der Waals surface area contributed by atoms with Crippen LogP contribution in [0.1, 0.15) is 28.9 Å². The maximum absolute atomic E-state index is 12.2. The number of pyridine rings is 1. The van der Waals surface area contributed by atoms with E-state index >= 15 is 0 Å². The number of H-pyrrole nitrogens is 1. The lowest BCUT2D eigenvalue weighted by Crippen LogP contribution is -2.44. The van der Waals surface area contributed by atoms with Crippen LogP contribution < -0.4 is 11.1 Å². The Morgan fingerprint density at radius 3 is 2.87 bits per heavy atom. The number of halogens is 1. The van der Waals surface area contributed by atoms with E-state index in [9.17, 15) is 4.79 Å². The van der Waals surface area contributed by atoms with Crippen LogP contribution in [-0.4, -0.2) is 45.1 Å². The van der Waals surface area contributed by atoms with Gasteiger partial charge in [-0.3, -0.25) is 19.8 Å². The highest BCUT2D eigenvalue weighted by Crippen LogP contribution is 2.20. The van der Waals surface area contributed by atoms with Gasteiger partial charge in [0, 0.05) is 38.1 Å². The molecule has 0 spiro atoms. The summed E-state index contributed by atoms with van der Waals surface area (Å²) in [6, 6.07) is 4.15. The number of anilines is 1. The Bertz CT molecular complexity index is 666. The van der Waals surface area contributed by atoms with Crippen molar-refractivity contribution in [1.29, 1.82) is 0 Å². The first-order valence-electron chi connectivity index (χ1n) is 7.55. The SMILES string of the molecule is Nc1n[nH]c(C(=O)NC2CCN(Cc3cccnc3)CC2)c1Cl. The van der Waals surface area contributed by atoms with Crippen molar-refractivity contribution in [3.8, 4) is 0 Å². The van der Waals surface area contributed by atoms with Gasteiger partial charge in [0.1, 0.15) is 10.7 Å². The smallest absolute Gasteiger partial charge is 0.271 e. The lowest BCUT2D eigenvalue weighted by Gasteiger charge is -2.32. The van der Waals surface area contributed by atoms with Crippen LogP contribution in [0.25, 0.3) is 0 Å². The number of rotatable bonds is 4. The standard InChI is InChI=1S/C15H19ClN6O/c16-12-13(20-21-14(12)17)15(23)19-11-3-6-22(7-4-11)9-10-2-1-5-18-8-10/h1-2,5,8,11H,3-4,6-7,9H2,(H,19,23)(H3,17,20,21). The second-order valence-electron chi connectivity index (χ2n) is 5.68. The summed E-state index contributed by atoms with van der Waals surface area (Å²) >= 11 is 5.94. The second kappa shape index (κ2) is 6.97. The van der Waals surface area contributed by atoms with Gasteiger partial charge in [0.2, 0.25) is 0 Å². The highest BCUT2D eigenvalue weighted by atomic mass is 35.5. The van der Waals surface area contributed by atoms with Crippen molar-refractivity contribution < 1.29 is 4.79 Å². The average molecular weight is 335 g/mol. The number of aromatic amines is 1. The number of carbonyl (C=O) groups excluding carboxylic acids is 1. The third kappa shape index (κ3) is 3.80. The molecule has 7 nitrogen and oxygen atoms in total. The normalized spacial score (nSPS) is 16.4. The monoisotopic (exact) mass is 334 g/mol. The van der Waals surface area contributed by atoms with E-state index in [2.05, 4.69) is 31.5 Å². The molecule has 1 aliphatic rings. The predicted molar refractivity (Wildman–Crippen MR) is 88.0 cm³/mol. The van der Waals surface area contributed by atoms with Crippen molar-refractivity contribution in [3.05, 3.63) is 40.8 Å². The van der Waals surface area contributed by atoms with Crippen LogP contribution in [0.15, 0.2) is 24.5 Å². The van der Waals surface area contributed by atoms with Crippen LogP contribution in [0, 0.1) is 0 Å². The molecule has 0 aromatic carbocycles. The molecule has 1 amide bonds. The highest BCUT2D eigenvalue weighted by Gasteiger charge is 2.23. The zero-order valence-electron chi connectivity index (χ0n) is 12.6. The first-order chi connectivity index (χ1) is 11.1. The fraction of sp³-hybridized carbons (Fsp3) is 0.400. The molecule has 3 rings (SSSR count). The minimum absolute atomic E-state index is 0.133. The number of nitrogens with one attached hydrogen (secondary N) is 2. The number of amides is 1. The minimum atomic E-state index is -0.259. The first kappa shape index (κ1) is 15.8. The van der Waals surface area contributed by atoms with Crippen LogP contribution in [0.4, 0.5) is 5.82 Å². The molecule has 2 aromatic rings. The summed E-state index contributed by atoms with van der Waals surface area (Å²) in [5.41, 5.74) is 6.96. The number of hydrogen-bond donors (Lipinski definition) is 3. The van der Waals surface area contributed by atoms with E-state index in [0.717, 1.165) is 32.5 Å². The van der Waals surface area contributed by atoms with Gasteiger partial charge in [0.15, 0.2) is 5.82 Å². The Labute approximate surface area is 139 Å². The summed E-state index contributed by atoms with van der Waals surface area (Å²) in [5, 5.41) is 9.47. The lowest BCUT2D eigenvalue weighted by molar-refractivity contribution is 0.0904. The predicted octanol–water partition coefficient (Wildman–Crippen LogP) is 1.43. The van der Waals surface area contributed by atoms with Crippen molar-refractivity contribution >= 4 is 23.3 Å². The van der Waals surface area contributed by atoms with Crippen molar-refractivity contribution in [1.82, 2.24) is 25.4 Å². The topological polar surface area (TPSA) is 99.9 Å². The van der Waals surface area contributed by atoms with Crippen molar-refractivity contribution in [2.75, 3.05) is 18.8 Å². The van der Waals surface area contributed by atoms with E-state index in [4.69, 9.17) is 17.3 Å². The number of carbonyl (C=O) groups is 1. The zero-order valence-corrected chi connectivity index (χ0v) is 13.4. The van der Waals surface area contributed by atoms with Crippen molar-refractivity contribution in [2.45, 2.75) is 25.4 Å². The molecule has 23 heavy (non-hydrogen) atoms. The molecule has 0 bridgehead atoms. The molecule has 0 aliphatic carbocycles. The highest BCUT2D eigenvalue weighted by molar-refractivity contribution is 6.35. The maximum atomic E-state index is 12.2. The molecule has 2 aromatic heterocycles.